The number of amides is 2. The van der Waals surface area contributed by atoms with Crippen LogP contribution in [0.15, 0.2) is 28.8 Å². The Balaban J connectivity index is 1.97. The summed E-state index contributed by atoms with van der Waals surface area (Å²) in [5.74, 6) is 0.0450. The zero-order valence-corrected chi connectivity index (χ0v) is 16.4. The normalized spacial score (nSPS) is 10.9. The van der Waals surface area contributed by atoms with Gasteiger partial charge in [-0.1, -0.05) is 19.0 Å². The van der Waals surface area contributed by atoms with Crippen LogP contribution in [0, 0.1) is 6.92 Å². The van der Waals surface area contributed by atoms with E-state index in [4.69, 9.17) is 9.26 Å². The zero-order chi connectivity index (χ0) is 20.4. The molecular weight excluding hydrogens is 360 g/mol. The van der Waals surface area contributed by atoms with E-state index in [1.807, 2.05) is 13.8 Å². The fourth-order valence-corrected chi connectivity index (χ4v) is 2.85. The number of anilines is 2. The highest BCUT2D eigenvalue weighted by molar-refractivity contribution is 6.12. The molecule has 2 heterocycles. The summed E-state index contributed by atoms with van der Waals surface area (Å²) in [6.07, 6.45) is 0. The van der Waals surface area contributed by atoms with Crippen molar-refractivity contribution in [1.82, 2.24) is 10.1 Å². The number of carbonyl (C=O) groups excluding carboxylic acids is 2. The van der Waals surface area contributed by atoms with Gasteiger partial charge in [0.05, 0.1) is 29.4 Å². The smallest absolute Gasteiger partial charge is 0.259 e. The van der Waals surface area contributed by atoms with Crippen molar-refractivity contribution in [3.63, 3.8) is 0 Å². The molecule has 146 valence electrons. The Labute approximate surface area is 162 Å². The Hall–Kier alpha value is -3.42. The number of aryl methyl sites for hydroxylation is 1. The number of ether oxygens (including phenoxy) is 1. The molecule has 0 bridgehead atoms. The number of hydrogen-bond donors (Lipinski definition) is 2. The molecule has 2 aromatic heterocycles. The summed E-state index contributed by atoms with van der Waals surface area (Å²) in [5.41, 5.74) is 3.18. The van der Waals surface area contributed by atoms with E-state index >= 15 is 0 Å². The molecule has 0 spiro atoms. The lowest BCUT2D eigenvalue weighted by Crippen LogP contribution is -2.14. The minimum atomic E-state index is -0.310. The number of fused-ring (bicyclic) bond motifs is 1. The average molecular weight is 382 g/mol. The molecule has 2 amide bonds. The monoisotopic (exact) mass is 382 g/mol. The van der Waals surface area contributed by atoms with E-state index in [-0.39, 0.29) is 17.7 Å². The topological polar surface area (TPSA) is 106 Å². The molecule has 28 heavy (non-hydrogen) atoms. The third-order valence-electron chi connectivity index (χ3n) is 4.24. The van der Waals surface area contributed by atoms with E-state index in [1.54, 1.807) is 31.2 Å². The zero-order valence-electron chi connectivity index (χ0n) is 16.4. The number of nitrogens with zero attached hydrogens (tertiary/aromatic N) is 2. The Morgan fingerprint density at radius 3 is 2.57 bits per heavy atom. The number of rotatable bonds is 5. The maximum absolute atomic E-state index is 13.0. The van der Waals surface area contributed by atoms with Crippen LogP contribution in [0.25, 0.3) is 11.1 Å². The molecule has 1 aromatic carbocycles. The number of pyridine rings is 1. The highest BCUT2D eigenvalue weighted by Crippen LogP contribution is 2.29. The van der Waals surface area contributed by atoms with E-state index < -0.39 is 0 Å². The summed E-state index contributed by atoms with van der Waals surface area (Å²) in [6, 6.07) is 6.76. The van der Waals surface area contributed by atoms with Gasteiger partial charge in [-0.15, -0.1) is 0 Å². The minimum absolute atomic E-state index is 0.124. The number of benzene rings is 1. The second-order valence-corrected chi connectivity index (χ2v) is 6.75. The van der Waals surface area contributed by atoms with Crippen molar-refractivity contribution in [3.8, 4) is 5.75 Å². The second-order valence-electron chi connectivity index (χ2n) is 6.75. The van der Waals surface area contributed by atoms with Crippen molar-refractivity contribution in [3.05, 3.63) is 41.2 Å². The molecule has 0 unspecified atom stereocenters. The van der Waals surface area contributed by atoms with Gasteiger partial charge in [-0.3, -0.25) is 9.59 Å². The Morgan fingerprint density at radius 2 is 1.93 bits per heavy atom. The summed E-state index contributed by atoms with van der Waals surface area (Å²) in [7, 11) is 1.49. The molecule has 8 heteroatoms. The Morgan fingerprint density at radius 1 is 1.18 bits per heavy atom. The van der Waals surface area contributed by atoms with Crippen molar-refractivity contribution in [2.45, 2.75) is 33.6 Å². The van der Waals surface area contributed by atoms with Crippen LogP contribution in [-0.2, 0) is 4.79 Å². The first-order valence-corrected chi connectivity index (χ1v) is 8.84. The highest BCUT2D eigenvalue weighted by atomic mass is 16.5. The van der Waals surface area contributed by atoms with Crippen molar-refractivity contribution in [1.29, 1.82) is 0 Å². The predicted molar refractivity (Wildman–Crippen MR) is 106 cm³/mol. The van der Waals surface area contributed by atoms with Crippen LogP contribution in [-0.4, -0.2) is 29.1 Å². The van der Waals surface area contributed by atoms with Gasteiger partial charge >= 0.3 is 0 Å². The van der Waals surface area contributed by atoms with Crippen LogP contribution in [0.1, 0.15) is 48.4 Å². The number of hydrogen-bond acceptors (Lipinski definition) is 6. The first-order chi connectivity index (χ1) is 13.3. The number of aromatic nitrogens is 2. The lowest BCUT2D eigenvalue weighted by Gasteiger charge is -2.13. The molecule has 0 radical (unpaired) electrons. The van der Waals surface area contributed by atoms with Crippen LogP contribution in [0.2, 0.25) is 0 Å². The first-order valence-electron chi connectivity index (χ1n) is 8.84. The molecule has 0 aliphatic carbocycles. The maximum Gasteiger partial charge on any atom is 0.259 e. The lowest BCUT2D eigenvalue weighted by molar-refractivity contribution is -0.114. The summed E-state index contributed by atoms with van der Waals surface area (Å²) in [4.78, 5) is 28.7. The van der Waals surface area contributed by atoms with Crippen LogP contribution in [0.5, 0.6) is 5.75 Å². The summed E-state index contributed by atoms with van der Waals surface area (Å²) >= 11 is 0. The van der Waals surface area contributed by atoms with Crippen LogP contribution in [0.3, 0.4) is 0 Å². The number of methoxy groups -OCH3 is 1. The van der Waals surface area contributed by atoms with Crippen LogP contribution >= 0.6 is 0 Å². The molecular formula is C20H22N4O4. The van der Waals surface area contributed by atoms with Gasteiger partial charge in [-0.25, -0.2) is 4.98 Å². The third kappa shape index (κ3) is 3.80. The lowest BCUT2D eigenvalue weighted by atomic mass is 10.0. The van der Waals surface area contributed by atoms with Crippen molar-refractivity contribution in [2.75, 3.05) is 17.7 Å². The molecule has 0 saturated heterocycles. The molecule has 8 nitrogen and oxygen atoms in total. The van der Waals surface area contributed by atoms with Gasteiger partial charge in [0.1, 0.15) is 5.75 Å². The van der Waals surface area contributed by atoms with Crippen molar-refractivity contribution in [2.24, 2.45) is 0 Å². The minimum Gasteiger partial charge on any atom is -0.494 e. The SMILES string of the molecule is COc1cc(NC(=O)c2cc(C(C)C)nc3onc(C)c23)ccc1NC(C)=O. The van der Waals surface area contributed by atoms with Gasteiger partial charge in [0, 0.05) is 24.4 Å². The molecule has 3 aromatic rings. The summed E-state index contributed by atoms with van der Waals surface area (Å²) in [6.45, 7) is 7.16. The molecule has 0 fully saturated rings. The van der Waals surface area contributed by atoms with E-state index in [2.05, 4.69) is 20.8 Å². The van der Waals surface area contributed by atoms with Gasteiger partial charge in [0.2, 0.25) is 5.91 Å². The number of nitrogens with one attached hydrogen (secondary N) is 2. The Kier molecular flexibility index (Phi) is 5.30. The predicted octanol–water partition coefficient (Wildman–Crippen LogP) is 3.87. The van der Waals surface area contributed by atoms with Gasteiger partial charge < -0.3 is 19.9 Å². The fourth-order valence-electron chi connectivity index (χ4n) is 2.85. The van der Waals surface area contributed by atoms with Gasteiger partial charge in [-0.05, 0) is 31.0 Å². The standard InChI is InChI=1S/C20H22N4O4/c1-10(2)16-9-14(18-11(3)24-28-20(18)23-16)19(26)22-13-6-7-15(21-12(4)25)17(8-13)27-5/h6-10H,1-5H3,(H,21,25)(H,22,26). The first kappa shape index (κ1) is 19.3. The fraction of sp³-hybridized carbons (Fsp3) is 0.300. The third-order valence-corrected chi connectivity index (χ3v) is 4.24. The van der Waals surface area contributed by atoms with Crippen LogP contribution < -0.4 is 15.4 Å². The summed E-state index contributed by atoms with van der Waals surface area (Å²) in [5, 5.41) is 10.1. The quantitative estimate of drug-likeness (QED) is 0.694. The van der Waals surface area contributed by atoms with E-state index in [9.17, 15) is 9.59 Å². The van der Waals surface area contributed by atoms with E-state index in [0.29, 0.717) is 39.5 Å². The van der Waals surface area contributed by atoms with Crippen LogP contribution in [0.4, 0.5) is 11.4 Å². The molecule has 2 N–H and O–H groups in total. The molecule has 0 saturated carbocycles. The van der Waals surface area contributed by atoms with Gasteiger partial charge in [0.15, 0.2) is 0 Å². The van der Waals surface area contributed by atoms with Gasteiger partial charge in [-0.2, -0.15) is 0 Å². The summed E-state index contributed by atoms with van der Waals surface area (Å²) < 4.78 is 10.6. The van der Waals surface area contributed by atoms with E-state index in [1.165, 1.54) is 14.0 Å². The molecule has 3 rings (SSSR count). The largest absolute Gasteiger partial charge is 0.494 e. The Bertz CT molecular complexity index is 1060. The maximum atomic E-state index is 13.0. The van der Waals surface area contributed by atoms with Gasteiger partial charge in [0.25, 0.3) is 11.6 Å². The molecule has 0 aliphatic rings. The average Bonchev–Trinajstić information content (AvgIpc) is 3.02. The second kappa shape index (κ2) is 7.67. The van der Waals surface area contributed by atoms with E-state index in [0.717, 1.165) is 5.69 Å². The highest BCUT2D eigenvalue weighted by Gasteiger charge is 2.20. The molecule has 0 aliphatic heterocycles. The number of carbonyl (C=O) groups is 2. The van der Waals surface area contributed by atoms with Crippen molar-refractivity contribution < 1.29 is 18.8 Å². The molecule has 0 atom stereocenters. The van der Waals surface area contributed by atoms with Crippen molar-refractivity contribution >= 4 is 34.3 Å².